The zero-order chi connectivity index (χ0) is 18.6. The van der Waals surface area contributed by atoms with Gasteiger partial charge in [-0.2, -0.15) is 0 Å². The first kappa shape index (κ1) is 18.3. The fourth-order valence-electron chi connectivity index (χ4n) is 2.72. The number of rotatable bonds is 5. The first-order chi connectivity index (χ1) is 12.0. The molecular weight excluding hydrogens is 326 g/mol. The van der Waals surface area contributed by atoms with Gasteiger partial charge >= 0.3 is 17.9 Å². The van der Waals surface area contributed by atoms with Crippen molar-refractivity contribution in [1.29, 1.82) is 0 Å². The molecule has 1 heterocycles. The Morgan fingerprint density at radius 1 is 1.00 bits per heavy atom. The molecule has 0 amide bonds. The molecule has 0 spiro atoms. The summed E-state index contributed by atoms with van der Waals surface area (Å²) < 4.78 is 14.4. The number of carbonyl (C=O) groups excluding carboxylic acids is 3. The van der Waals surface area contributed by atoms with Crippen LogP contribution < -0.4 is 0 Å². The van der Waals surface area contributed by atoms with E-state index in [0.29, 0.717) is 11.3 Å². The van der Waals surface area contributed by atoms with Gasteiger partial charge < -0.3 is 19.1 Å². The van der Waals surface area contributed by atoms with E-state index in [1.54, 1.807) is 24.3 Å². The van der Waals surface area contributed by atoms with Crippen molar-refractivity contribution in [3.63, 3.8) is 0 Å². The summed E-state index contributed by atoms with van der Waals surface area (Å²) in [6, 6.07) is 8.07. The molecule has 25 heavy (non-hydrogen) atoms. The number of nitrogens with zero attached hydrogens (tertiary/aromatic N) is 1. The predicted octanol–water partition coefficient (Wildman–Crippen LogP) is 1.50. The minimum Gasteiger partial charge on any atom is -0.467 e. The molecule has 1 aliphatic rings. The minimum absolute atomic E-state index is 0.0434. The highest BCUT2D eigenvalue weighted by Gasteiger charge is 2.44. The highest BCUT2D eigenvalue weighted by Crippen LogP contribution is 2.37. The maximum atomic E-state index is 12.3. The Bertz CT molecular complexity index is 737. The fraction of sp³-hybridized carbons (Fsp3) is 0.278. The Kier molecular flexibility index (Phi) is 5.59. The summed E-state index contributed by atoms with van der Waals surface area (Å²) >= 11 is 0. The first-order valence-corrected chi connectivity index (χ1v) is 7.47. The second kappa shape index (κ2) is 7.65. The van der Waals surface area contributed by atoms with E-state index in [0.717, 1.165) is 0 Å². The molecule has 0 fully saturated rings. The zero-order valence-electron chi connectivity index (χ0n) is 14.3. The summed E-state index contributed by atoms with van der Waals surface area (Å²) in [5, 5.41) is 0. The highest BCUT2D eigenvalue weighted by molar-refractivity contribution is 6.04. The Morgan fingerprint density at radius 3 is 2.12 bits per heavy atom. The Labute approximate surface area is 145 Å². The molecule has 0 bridgehead atoms. The van der Waals surface area contributed by atoms with E-state index < -0.39 is 23.9 Å². The minimum atomic E-state index is -0.916. The molecule has 0 saturated carbocycles. The van der Waals surface area contributed by atoms with Gasteiger partial charge in [0.1, 0.15) is 11.7 Å². The average Bonchev–Trinajstić information content (AvgIpc) is 3.06. The van der Waals surface area contributed by atoms with Crippen molar-refractivity contribution in [3.8, 4) is 0 Å². The highest BCUT2D eigenvalue weighted by atomic mass is 16.5. The molecule has 0 aliphatic carbocycles. The number of hydrogen-bond acceptors (Lipinski definition) is 7. The van der Waals surface area contributed by atoms with Crippen molar-refractivity contribution < 1.29 is 28.6 Å². The van der Waals surface area contributed by atoms with Crippen molar-refractivity contribution in [2.75, 3.05) is 21.3 Å². The molecule has 0 aromatic heterocycles. The summed E-state index contributed by atoms with van der Waals surface area (Å²) in [6.45, 7) is 3.98. The zero-order valence-corrected chi connectivity index (χ0v) is 14.3. The van der Waals surface area contributed by atoms with E-state index in [4.69, 9.17) is 14.2 Å². The van der Waals surface area contributed by atoms with E-state index in [2.05, 4.69) is 6.58 Å². The van der Waals surface area contributed by atoms with E-state index in [9.17, 15) is 14.4 Å². The largest absolute Gasteiger partial charge is 0.467 e. The molecule has 0 N–H and O–H groups in total. The third kappa shape index (κ3) is 3.40. The summed E-state index contributed by atoms with van der Waals surface area (Å²) in [6.07, 6.45) is -0.0460. The predicted molar refractivity (Wildman–Crippen MR) is 88.8 cm³/mol. The number of esters is 3. The molecule has 2 rings (SSSR count). The number of ether oxygens (including phenoxy) is 3. The van der Waals surface area contributed by atoms with Crippen LogP contribution in [0.25, 0.3) is 5.70 Å². The van der Waals surface area contributed by atoms with Gasteiger partial charge in [0.25, 0.3) is 0 Å². The van der Waals surface area contributed by atoms with Crippen LogP contribution in [0.3, 0.4) is 0 Å². The third-order valence-corrected chi connectivity index (χ3v) is 3.92. The number of benzene rings is 1. The lowest BCUT2D eigenvalue weighted by atomic mass is 10.1. The van der Waals surface area contributed by atoms with E-state index >= 15 is 0 Å². The molecule has 1 unspecified atom stereocenters. The number of carbonyl (C=O) groups is 3. The topological polar surface area (TPSA) is 82.1 Å². The van der Waals surface area contributed by atoms with Gasteiger partial charge in [-0.15, -0.1) is 0 Å². The lowest BCUT2D eigenvalue weighted by Crippen LogP contribution is -2.38. The molecule has 132 valence electrons. The van der Waals surface area contributed by atoms with Crippen molar-refractivity contribution in [1.82, 2.24) is 4.90 Å². The van der Waals surface area contributed by atoms with Crippen LogP contribution in [0.1, 0.15) is 12.0 Å². The molecular formula is C18H19NO6. The molecule has 7 nitrogen and oxygen atoms in total. The van der Waals surface area contributed by atoms with Crippen molar-refractivity contribution in [2.24, 2.45) is 0 Å². The summed E-state index contributed by atoms with van der Waals surface area (Å²) in [4.78, 5) is 38.0. The van der Waals surface area contributed by atoms with Gasteiger partial charge in [-0.25, -0.2) is 14.4 Å². The lowest BCUT2D eigenvalue weighted by Gasteiger charge is -2.28. The van der Waals surface area contributed by atoms with Gasteiger partial charge in [0, 0.05) is 12.1 Å². The lowest BCUT2D eigenvalue weighted by molar-refractivity contribution is -0.145. The third-order valence-electron chi connectivity index (χ3n) is 3.92. The smallest absolute Gasteiger partial charge is 0.355 e. The molecule has 0 saturated heterocycles. The van der Waals surface area contributed by atoms with Gasteiger partial charge in [-0.05, 0) is 5.56 Å². The van der Waals surface area contributed by atoms with Gasteiger partial charge in [0.15, 0.2) is 0 Å². The van der Waals surface area contributed by atoms with Crippen LogP contribution in [-0.4, -0.2) is 50.2 Å². The fourth-order valence-corrected chi connectivity index (χ4v) is 2.72. The second-order valence-corrected chi connectivity index (χ2v) is 5.24. The molecule has 1 aromatic carbocycles. The first-order valence-electron chi connectivity index (χ1n) is 7.47. The monoisotopic (exact) mass is 345 g/mol. The molecule has 1 aromatic rings. The molecule has 7 heteroatoms. The van der Waals surface area contributed by atoms with Crippen molar-refractivity contribution in [2.45, 2.75) is 12.5 Å². The van der Waals surface area contributed by atoms with E-state index in [1.165, 1.54) is 26.2 Å². The van der Waals surface area contributed by atoms with Gasteiger partial charge in [0.2, 0.25) is 0 Å². The Balaban J connectivity index is 2.59. The maximum absolute atomic E-state index is 12.3. The summed E-state index contributed by atoms with van der Waals surface area (Å²) in [7, 11) is 3.63. The number of methoxy groups -OCH3 is 3. The Morgan fingerprint density at radius 2 is 1.60 bits per heavy atom. The van der Waals surface area contributed by atoms with Crippen LogP contribution in [0.4, 0.5) is 0 Å². The van der Waals surface area contributed by atoms with E-state index in [1.807, 2.05) is 6.07 Å². The molecule has 1 aliphatic heterocycles. The summed E-state index contributed by atoms with van der Waals surface area (Å²) in [5.41, 5.74) is 1.03. The summed E-state index contributed by atoms with van der Waals surface area (Å²) in [5.74, 6) is -2.07. The van der Waals surface area contributed by atoms with Crippen LogP contribution in [0.2, 0.25) is 0 Å². The molecule has 0 radical (unpaired) electrons. The number of hydrogen-bond donors (Lipinski definition) is 0. The van der Waals surface area contributed by atoms with Crippen LogP contribution >= 0.6 is 0 Å². The van der Waals surface area contributed by atoms with Crippen molar-refractivity contribution in [3.05, 3.63) is 53.7 Å². The maximum Gasteiger partial charge on any atom is 0.355 e. The van der Waals surface area contributed by atoms with Crippen molar-refractivity contribution >= 4 is 23.6 Å². The van der Waals surface area contributed by atoms with E-state index in [-0.39, 0.29) is 17.7 Å². The van der Waals surface area contributed by atoms with Crippen LogP contribution in [0, 0.1) is 0 Å². The van der Waals surface area contributed by atoms with Crippen LogP contribution in [0.5, 0.6) is 0 Å². The quantitative estimate of drug-likeness (QED) is 0.591. The molecule has 1 atom stereocenters. The average molecular weight is 345 g/mol. The van der Waals surface area contributed by atoms with Crippen LogP contribution in [-0.2, 0) is 28.6 Å². The SMILES string of the molecule is C=C(c1ccccc1)N1C(C(=O)OC)=C(C(=O)OC)CC1C(=O)OC. The van der Waals surface area contributed by atoms with Gasteiger partial charge in [-0.1, -0.05) is 36.9 Å². The van der Waals surface area contributed by atoms with Gasteiger partial charge in [0.05, 0.1) is 26.9 Å². The standard InChI is InChI=1S/C18H19NO6/c1-11(12-8-6-5-7-9-12)19-14(17(21)24-3)10-13(16(20)23-2)15(19)18(22)25-4/h5-9,14H,1,10H2,2-4H3. The normalized spacial score (nSPS) is 16.4. The van der Waals surface area contributed by atoms with Gasteiger partial charge in [-0.3, -0.25) is 0 Å². The Hall–Kier alpha value is -3.09. The second-order valence-electron chi connectivity index (χ2n) is 5.24. The van der Waals surface area contributed by atoms with Crippen LogP contribution in [0.15, 0.2) is 48.2 Å².